The molecule has 0 radical (unpaired) electrons. The second kappa shape index (κ2) is 5.73. The molecule has 0 aliphatic carbocycles. The maximum absolute atomic E-state index is 6.27. The largest absolute Gasteiger partial charge is 0.367 e. The summed E-state index contributed by atoms with van der Waals surface area (Å²) in [6.07, 6.45) is 3.00. The van der Waals surface area contributed by atoms with E-state index in [0.717, 1.165) is 25.8 Å². The van der Waals surface area contributed by atoms with Crippen LogP contribution >= 0.6 is 0 Å². The molecule has 0 spiro atoms. The first kappa shape index (κ1) is 16.5. The molecule has 0 saturated carbocycles. The minimum absolute atomic E-state index is 0.0827. The van der Waals surface area contributed by atoms with Crippen LogP contribution in [0.15, 0.2) is 0 Å². The van der Waals surface area contributed by atoms with Gasteiger partial charge in [0.2, 0.25) is 0 Å². The van der Waals surface area contributed by atoms with Crippen molar-refractivity contribution < 1.29 is 4.74 Å². The van der Waals surface area contributed by atoms with E-state index in [2.05, 4.69) is 51.5 Å². The summed E-state index contributed by atoms with van der Waals surface area (Å²) in [5, 5.41) is 8.25. The molecule has 1 aromatic rings. The van der Waals surface area contributed by atoms with Crippen molar-refractivity contribution in [1.29, 1.82) is 0 Å². The van der Waals surface area contributed by atoms with E-state index in [1.807, 2.05) is 7.05 Å². The summed E-state index contributed by atoms with van der Waals surface area (Å²) in [5.74, 6) is 0. The molecule has 0 amide bonds. The van der Waals surface area contributed by atoms with Crippen molar-refractivity contribution >= 4 is 0 Å². The van der Waals surface area contributed by atoms with Gasteiger partial charge in [-0.2, -0.15) is 5.10 Å². The molecule has 1 N–H and O–H groups in total. The second-order valence-corrected chi connectivity index (χ2v) is 7.24. The van der Waals surface area contributed by atoms with Crippen molar-refractivity contribution in [2.24, 2.45) is 0 Å². The first-order chi connectivity index (χ1) is 9.75. The summed E-state index contributed by atoms with van der Waals surface area (Å²) in [6, 6.07) is 0.304. The first-order valence-corrected chi connectivity index (χ1v) is 8.19. The molecular weight excluding hydrogens is 262 g/mol. The fourth-order valence-corrected chi connectivity index (χ4v) is 3.77. The van der Waals surface area contributed by atoms with E-state index in [0.29, 0.717) is 6.04 Å². The lowest BCUT2D eigenvalue weighted by Crippen LogP contribution is -2.32. The first-order valence-electron chi connectivity index (χ1n) is 8.19. The summed E-state index contributed by atoms with van der Waals surface area (Å²) in [7, 11) is 2.00. The zero-order valence-corrected chi connectivity index (χ0v) is 14.7. The van der Waals surface area contributed by atoms with Crippen LogP contribution in [0.2, 0.25) is 0 Å². The van der Waals surface area contributed by atoms with Gasteiger partial charge >= 0.3 is 0 Å². The Bertz CT molecular complexity index is 502. The van der Waals surface area contributed by atoms with Crippen LogP contribution in [0.5, 0.6) is 0 Å². The summed E-state index contributed by atoms with van der Waals surface area (Å²) in [6.45, 7) is 14.0. The van der Waals surface area contributed by atoms with Gasteiger partial charge in [-0.15, -0.1) is 0 Å². The van der Waals surface area contributed by atoms with Gasteiger partial charge in [0, 0.05) is 24.2 Å². The van der Waals surface area contributed by atoms with Gasteiger partial charge in [0.15, 0.2) is 0 Å². The lowest BCUT2D eigenvalue weighted by atomic mass is 9.94. The van der Waals surface area contributed by atoms with Gasteiger partial charge in [0.25, 0.3) is 0 Å². The summed E-state index contributed by atoms with van der Waals surface area (Å²) < 4.78 is 8.53. The molecule has 2 rings (SSSR count). The molecule has 1 aliphatic rings. The fraction of sp³-hybridized carbons (Fsp3) is 0.824. The van der Waals surface area contributed by atoms with Crippen LogP contribution in [0, 0.1) is 0 Å². The lowest BCUT2D eigenvalue weighted by Gasteiger charge is -2.28. The van der Waals surface area contributed by atoms with Gasteiger partial charge in [-0.3, -0.25) is 4.68 Å². The number of aromatic nitrogens is 2. The number of hydrogen-bond acceptors (Lipinski definition) is 3. The number of aryl methyl sites for hydroxylation is 1. The fourth-order valence-electron chi connectivity index (χ4n) is 3.77. The van der Waals surface area contributed by atoms with E-state index in [1.165, 1.54) is 17.0 Å². The van der Waals surface area contributed by atoms with Gasteiger partial charge in [-0.1, -0.05) is 13.8 Å². The average Bonchev–Trinajstić information content (AvgIpc) is 2.83. The highest BCUT2D eigenvalue weighted by Crippen LogP contribution is 2.45. The Morgan fingerprint density at radius 3 is 2.33 bits per heavy atom. The number of ether oxygens (including phenoxy) is 1. The third kappa shape index (κ3) is 3.02. The van der Waals surface area contributed by atoms with E-state index >= 15 is 0 Å². The third-order valence-corrected chi connectivity index (χ3v) is 4.55. The normalized spacial score (nSPS) is 23.7. The Kier molecular flexibility index (Phi) is 4.50. The lowest BCUT2D eigenvalue weighted by molar-refractivity contribution is -0.0739. The molecule has 2 heterocycles. The van der Waals surface area contributed by atoms with E-state index in [1.54, 1.807) is 0 Å². The molecule has 1 aromatic heterocycles. The average molecular weight is 293 g/mol. The van der Waals surface area contributed by atoms with Crippen molar-refractivity contribution in [2.75, 3.05) is 7.05 Å². The van der Waals surface area contributed by atoms with Crippen LogP contribution < -0.4 is 5.32 Å². The summed E-state index contributed by atoms with van der Waals surface area (Å²) >= 11 is 0. The van der Waals surface area contributed by atoms with Gasteiger partial charge in [0.05, 0.1) is 22.9 Å². The Hall–Kier alpha value is -0.870. The molecule has 120 valence electrons. The van der Waals surface area contributed by atoms with Crippen molar-refractivity contribution in [2.45, 2.75) is 84.6 Å². The maximum atomic E-state index is 6.27. The molecule has 0 bridgehead atoms. The molecule has 4 nitrogen and oxygen atoms in total. The van der Waals surface area contributed by atoms with Crippen molar-refractivity contribution in [1.82, 2.24) is 15.1 Å². The van der Waals surface area contributed by atoms with Crippen LogP contribution in [0.1, 0.15) is 71.0 Å². The van der Waals surface area contributed by atoms with E-state index in [-0.39, 0.29) is 11.2 Å². The predicted molar refractivity (Wildman–Crippen MR) is 86.6 cm³/mol. The predicted octanol–water partition coefficient (Wildman–Crippen LogP) is 3.25. The van der Waals surface area contributed by atoms with Crippen LogP contribution in [-0.2, 0) is 24.1 Å². The summed E-state index contributed by atoms with van der Waals surface area (Å²) in [4.78, 5) is 0. The molecule has 1 fully saturated rings. The Morgan fingerprint density at radius 2 is 1.90 bits per heavy atom. The smallest absolute Gasteiger partial charge is 0.0858 e. The number of hydrogen-bond donors (Lipinski definition) is 1. The van der Waals surface area contributed by atoms with Crippen LogP contribution in [-0.4, -0.2) is 28.0 Å². The van der Waals surface area contributed by atoms with Gasteiger partial charge < -0.3 is 10.1 Å². The molecule has 1 atom stereocenters. The Balaban J connectivity index is 2.49. The number of nitrogens with one attached hydrogen (secondary N) is 1. The molecule has 4 heteroatoms. The molecule has 1 unspecified atom stereocenters. The van der Waals surface area contributed by atoms with Crippen molar-refractivity contribution in [3.05, 3.63) is 17.0 Å². The molecule has 21 heavy (non-hydrogen) atoms. The Morgan fingerprint density at radius 1 is 1.24 bits per heavy atom. The quantitative estimate of drug-likeness (QED) is 0.906. The van der Waals surface area contributed by atoms with Crippen LogP contribution in [0.3, 0.4) is 0 Å². The van der Waals surface area contributed by atoms with Gasteiger partial charge in [-0.25, -0.2) is 0 Å². The van der Waals surface area contributed by atoms with Crippen LogP contribution in [0.4, 0.5) is 0 Å². The van der Waals surface area contributed by atoms with Crippen LogP contribution in [0.25, 0.3) is 0 Å². The molecule has 1 saturated heterocycles. The third-order valence-electron chi connectivity index (χ3n) is 4.55. The van der Waals surface area contributed by atoms with Gasteiger partial charge in [0.1, 0.15) is 0 Å². The minimum Gasteiger partial charge on any atom is -0.367 e. The highest BCUT2D eigenvalue weighted by Gasteiger charge is 2.48. The SMILES string of the molecule is CCc1nn(C2CC(C)(C)OC2(C)C)c(CC)c1CNC. The highest BCUT2D eigenvalue weighted by molar-refractivity contribution is 5.28. The van der Waals surface area contributed by atoms with E-state index in [9.17, 15) is 0 Å². The maximum Gasteiger partial charge on any atom is 0.0858 e. The van der Waals surface area contributed by atoms with Gasteiger partial charge in [-0.05, 0) is 47.6 Å². The summed E-state index contributed by atoms with van der Waals surface area (Å²) in [5.41, 5.74) is 3.70. The van der Waals surface area contributed by atoms with E-state index in [4.69, 9.17) is 9.84 Å². The second-order valence-electron chi connectivity index (χ2n) is 7.24. The standard InChI is InChI=1S/C17H31N3O/c1-8-13-12(11-18-7)14(9-2)20(19-13)15-10-16(3,4)21-17(15,5)6/h15,18H,8-11H2,1-7H3. The molecular formula is C17H31N3O. The van der Waals surface area contributed by atoms with E-state index < -0.39 is 0 Å². The van der Waals surface area contributed by atoms with Crippen molar-refractivity contribution in [3.63, 3.8) is 0 Å². The monoisotopic (exact) mass is 293 g/mol. The topological polar surface area (TPSA) is 39.1 Å². The van der Waals surface area contributed by atoms with Crippen molar-refractivity contribution in [3.8, 4) is 0 Å². The molecule has 1 aliphatic heterocycles. The highest BCUT2D eigenvalue weighted by atomic mass is 16.5. The number of nitrogens with zero attached hydrogens (tertiary/aromatic N) is 2. The Labute approximate surface area is 129 Å². The zero-order chi connectivity index (χ0) is 15.8. The minimum atomic E-state index is -0.179. The molecule has 0 aromatic carbocycles. The zero-order valence-electron chi connectivity index (χ0n) is 14.7. The number of rotatable bonds is 5.